The molecule has 0 saturated carbocycles. The molecule has 2 heterocycles. The molecule has 0 fully saturated rings. The number of nitrogens with one attached hydrogen (secondary N) is 1. The van der Waals surface area contributed by atoms with Crippen LogP contribution >= 0.6 is 0 Å². The van der Waals surface area contributed by atoms with Gasteiger partial charge in [-0.2, -0.15) is 9.97 Å². The van der Waals surface area contributed by atoms with Crippen LogP contribution in [-0.2, 0) is 0 Å². The van der Waals surface area contributed by atoms with Gasteiger partial charge in [-0.1, -0.05) is 6.07 Å². The first-order valence-corrected chi connectivity index (χ1v) is 5.61. The van der Waals surface area contributed by atoms with Crippen LogP contribution < -0.4 is 10.6 Å². The average molecular weight is 258 g/mol. The molecule has 0 unspecified atom stereocenters. The van der Waals surface area contributed by atoms with Crippen LogP contribution in [0.2, 0.25) is 0 Å². The Bertz CT molecular complexity index is 738. The van der Waals surface area contributed by atoms with Gasteiger partial charge >= 0.3 is 0 Å². The highest BCUT2D eigenvalue weighted by atomic mass is 19.1. The highest BCUT2D eigenvalue weighted by molar-refractivity contribution is 5.82. The third-order valence-corrected chi connectivity index (χ3v) is 2.80. The van der Waals surface area contributed by atoms with E-state index < -0.39 is 0 Å². The summed E-state index contributed by atoms with van der Waals surface area (Å²) in [4.78, 5) is 17.0. The first-order chi connectivity index (χ1) is 9.15. The second-order valence-corrected chi connectivity index (χ2v) is 4.05. The topological polar surface area (TPSA) is 83.7 Å². The summed E-state index contributed by atoms with van der Waals surface area (Å²) in [6.07, 6.45) is 1.50. The summed E-state index contributed by atoms with van der Waals surface area (Å²) >= 11 is 0. The third-order valence-electron chi connectivity index (χ3n) is 2.80. The second-order valence-electron chi connectivity index (χ2n) is 4.05. The number of hydrogen-bond donors (Lipinski definition) is 2. The number of nitrogens with zero attached hydrogens (tertiary/aromatic N) is 4. The lowest BCUT2D eigenvalue weighted by Gasteiger charge is -2.17. The molecule has 0 spiro atoms. The smallest absolute Gasteiger partial charge is 0.233 e. The van der Waals surface area contributed by atoms with Gasteiger partial charge in [0.2, 0.25) is 5.95 Å². The molecule has 96 valence electrons. The minimum absolute atomic E-state index is 0.306. The van der Waals surface area contributed by atoms with Crippen molar-refractivity contribution in [1.29, 1.82) is 0 Å². The van der Waals surface area contributed by atoms with Crippen molar-refractivity contribution in [2.24, 2.45) is 0 Å². The first kappa shape index (κ1) is 11.4. The normalized spacial score (nSPS) is 10.8. The number of nitrogens with two attached hydrogens (primary N) is 1. The number of nitrogen functional groups attached to an aromatic ring is 1. The molecule has 0 amide bonds. The zero-order valence-corrected chi connectivity index (χ0v) is 10.1. The van der Waals surface area contributed by atoms with Gasteiger partial charge in [-0.15, -0.1) is 0 Å². The van der Waals surface area contributed by atoms with Crippen LogP contribution in [0.4, 0.5) is 21.8 Å². The van der Waals surface area contributed by atoms with E-state index in [2.05, 4.69) is 19.9 Å². The number of benzene rings is 1. The van der Waals surface area contributed by atoms with Crippen LogP contribution in [0.3, 0.4) is 0 Å². The highest BCUT2D eigenvalue weighted by Crippen LogP contribution is 2.23. The number of fused-ring (bicyclic) bond motifs is 1. The Morgan fingerprint density at radius 1 is 1.32 bits per heavy atom. The summed E-state index contributed by atoms with van der Waals surface area (Å²) in [6, 6.07) is 6.16. The number of aromatic nitrogens is 4. The van der Waals surface area contributed by atoms with Crippen molar-refractivity contribution in [3.05, 3.63) is 36.4 Å². The fourth-order valence-electron chi connectivity index (χ4n) is 1.79. The van der Waals surface area contributed by atoms with Crippen molar-refractivity contribution >= 4 is 28.6 Å². The van der Waals surface area contributed by atoms with Crippen LogP contribution in [-0.4, -0.2) is 27.0 Å². The number of hydrogen-bond acceptors (Lipinski definition) is 5. The zero-order chi connectivity index (χ0) is 13.4. The van der Waals surface area contributed by atoms with Gasteiger partial charge < -0.3 is 15.6 Å². The number of H-pyrrole nitrogens is 1. The molecule has 0 atom stereocenters. The van der Waals surface area contributed by atoms with Gasteiger partial charge in [0.25, 0.3) is 0 Å². The van der Waals surface area contributed by atoms with Crippen LogP contribution in [0.25, 0.3) is 11.2 Å². The van der Waals surface area contributed by atoms with E-state index in [9.17, 15) is 4.39 Å². The standard InChI is InChI=1S/C12H11FN6/c1-19(8-4-2-3-7(13)5-8)12-17-10(14)9-11(18-12)16-6-15-9/h2-6H,1H3,(H3,14,15,16,17,18). The summed E-state index contributed by atoms with van der Waals surface area (Å²) < 4.78 is 13.2. The highest BCUT2D eigenvalue weighted by Gasteiger charge is 2.12. The SMILES string of the molecule is CN(c1cccc(F)c1)c1nc(N)c2[nH]cnc2n1. The van der Waals surface area contributed by atoms with Gasteiger partial charge in [0.05, 0.1) is 6.33 Å². The minimum atomic E-state index is -0.321. The molecule has 0 saturated heterocycles. The molecule has 0 bridgehead atoms. The molecule has 7 heteroatoms. The van der Waals surface area contributed by atoms with Crippen molar-refractivity contribution in [2.45, 2.75) is 0 Å². The van der Waals surface area contributed by atoms with E-state index >= 15 is 0 Å². The van der Waals surface area contributed by atoms with E-state index in [-0.39, 0.29) is 5.82 Å². The molecular weight excluding hydrogens is 247 g/mol. The Labute approximate surface area is 108 Å². The molecule has 2 aromatic heterocycles. The third kappa shape index (κ3) is 1.95. The average Bonchev–Trinajstić information content (AvgIpc) is 2.86. The van der Waals surface area contributed by atoms with Crippen molar-refractivity contribution in [3.63, 3.8) is 0 Å². The van der Waals surface area contributed by atoms with E-state index in [4.69, 9.17) is 5.73 Å². The van der Waals surface area contributed by atoms with E-state index in [0.29, 0.717) is 28.6 Å². The Hall–Kier alpha value is -2.70. The predicted molar refractivity (Wildman–Crippen MR) is 70.6 cm³/mol. The molecule has 3 N–H and O–H groups in total. The maximum Gasteiger partial charge on any atom is 0.233 e. The number of rotatable bonds is 2. The molecule has 3 aromatic rings. The van der Waals surface area contributed by atoms with Gasteiger partial charge in [-0.05, 0) is 18.2 Å². The summed E-state index contributed by atoms with van der Waals surface area (Å²) in [6.45, 7) is 0. The van der Waals surface area contributed by atoms with E-state index in [1.807, 2.05) is 0 Å². The Kier molecular flexibility index (Phi) is 2.52. The van der Waals surface area contributed by atoms with Gasteiger partial charge in [-0.25, -0.2) is 9.37 Å². The molecule has 1 aromatic carbocycles. The van der Waals surface area contributed by atoms with Crippen LogP contribution in [0, 0.1) is 5.82 Å². The molecule has 19 heavy (non-hydrogen) atoms. The lowest BCUT2D eigenvalue weighted by atomic mass is 10.3. The zero-order valence-electron chi connectivity index (χ0n) is 10.1. The summed E-state index contributed by atoms with van der Waals surface area (Å²) in [5.41, 5.74) is 7.53. The largest absolute Gasteiger partial charge is 0.382 e. The number of halogens is 1. The quantitative estimate of drug-likeness (QED) is 0.732. The molecule has 0 radical (unpaired) electrons. The van der Waals surface area contributed by atoms with E-state index in [1.165, 1.54) is 18.5 Å². The van der Waals surface area contributed by atoms with Crippen LogP contribution in [0.1, 0.15) is 0 Å². The predicted octanol–water partition coefficient (Wildman–Crippen LogP) is 1.84. The van der Waals surface area contributed by atoms with Crippen molar-refractivity contribution in [3.8, 4) is 0 Å². The number of anilines is 3. The maximum atomic E-state index is 13.2. The monoisotopic (exact) mass is 258 g/mol. The van der Waals surface area contributed by atoms with Crippen LogP contribution in [0.15, 0.2) is 30.6 Å². The maximum absolute atomic E-state index is 13.2. The summed E-state index contributed by atoms with van der Waals surface area (Å²) in [5, 5.41) is 0. The van der Waals surface area contributed by atoms with E-state index in [1.54, 1.807) is 24.1 Å². The molecule has 0 aliphatic rings. The minimum Gasteiger partial charge on any atom is -0.382 e. The van der Waals surface area contributed by atoms with Crippen molar-refractivity contribution in [2.75, 3.05) is 17.7 Å². The fourth-order valence-corrected chi connectivity index (χ4v) is 1.79. The lowest BCUT2D eigenvalue weighted by molar-refractivity contribution is 0.628. The van der Waals surface area contributed by atoms with E-state index in [0.717, 1.165) is 0 Å². The first-order valence-electron chi connectivity index (χ1n) is 5.61. The molecule has 6 nitrogen and oxygen atoms in total. The summed E-state index contributed by atoms with van der Waals surface area (Å²) in [5.74, 6) is 0.349. The number of aromatic amines is 1. The Morgan fingerprint density at radius 2 is 2.16 bits per heavy atom. The van der Waals surface area contributed by atoms with Gasteiger partial charge in [0, 0.05) is 12.7 Å². The van der Waals surface area contributed by atoms with Crippen LogP contribution in [0.5, 0.6) is 0 Å². The van der Waals surface area contributed by atoms with Gasteiger partial charge in [-0.3, -0.25) is 0 Å². The molecular formula is C12H11FN6. The lowest BCUT2D eigenvalue weighted by Crippen LogP contribution is -2.14. The molecule has 3 rings (SSSR count). The van der Waals surface area contributed by atoms with Gasteiger partial charge in [0.15, 0.2) is 11.5 Å². The van der Waals surface area contributed by atoms with Crippen molar-refractivity contribution in [1.82, 2.24) is 19.9 Å². The second kappa shape index (κ2) is 4.20. The Morgan fingerprint density at radius 3 is 2.95 bits per heavy atom. The van der Waals surface area contributed by atoms with Crippen molar-refractivity contribution < 1.29 is 4.39 Å². The Balaban J connectivity index is 2.08. The molecule has 0 aliphatic carbocycles. The fraction of sp³-hybridized carbons (Fsp3) is 0.0833. The summed E-state index contributed by atoms with van der Waals surface area (Å²) in [7, 11) is 1.74. The molecule has 0 aliphatic heterocycles. The number of imidazole rings is 1. The van der Waals surface area contributed by atoms with Gasteiger partial charge in [0.1, 0.15) is 11.3 Å².